The number of nitrogens with zero attached hydrogens (tertiary/aromatic N) is 3. The van der Waals surface area contributed by atoms with Gasteiger partial charge in [-0.3, -0.25) is 9.48 Å². The van der Waals surface area contributed by atoms with E-state index in [9.17, 15) is 13.2 Å². The summed E-state index contributed by atoms with van der Waals surface area (Å²) >= 11 is 1.77. The van der Waals surface area contributed by atoms with Gasteiger partial charge in [-0.25, -0.2) is 21.2 Å². The first kappa shape index (κ1) is 41.2. The maximum absolute atomic E-state index is 16.5. The van der Waals surface area contributed by atoms with E-state index in [1.165, 1.54) is 24.4 Å². The number of rotatable bonds is 7. The first-order chi connectivity index (χ1) is 27.8. The minimum atomic E-state index is -4.03. The number of benzene rings is 4. The summed E-state index contributed by atoms with van der Waals surface area (Å²) in [6.07, 6.45) is 6.92. The van der Waals surface area contributed by atoms with E-state index in [2.05, 4.69) is 26.0 Å². The fourth-order valence-electron chi connectivity index (χ4n) is 7.79. The Hall–Kier alpha value is -4.94. The number of thioether (sulfide) groups is 1. The maximum Gasteiger partial charge on any atom is 0.306 e. The number of ether oxygens (including phenoxy) is 2. The molecule has 1 atom stereocenters. The van der Waals surface area contributed by atoms with Gasteiger partial charge in [-0.2, -0.15) is 16.9 Å². The van der Waals surface area contributed by atoms with Crippen molar-refractivity contribution in [1.29, 1.82) is 0 Å². The van der Waals surface area contributed by atoms with Gasteiger partial charge in [0, 0.05) is 35.2 Å². The standard InChI is InChI=1S/C46H49F2N3O5S2/c1-6-55-43(52)19-14-32-9-7-10-33(25-32)41-11-8-22-46(4,5)29-57-24-21-37-36-20-23-50(58(53,54)35-16-12-30(2)13-17-35)42(36)27-40(48)45(37)56-34-15-18-39(47)38(26-34)44-31(3)28-49-51(41)44/h7,9-10,12-13,15-18,20,23,25-28,41H,6,8,11,14,19,21-22,24,29H2,1-5H3. The fourth-order valence-corrected chi connectivity index (χ4v) is 10.3. The molecule has 58 heavy (non-hydrogen) atoms. The number of carbonyl (C=O) groups excluding carboxylic acids is 1. The molecule has 2 bridgehead atoms. The van der Waals surface area contributed by atoms with Crippen LogP contribution in [0.25, 0.3) is 22.2 Å². The first-order valence-electron chi connectivity index (χ1n) is 19.7. The van der Waals surface area contributed by atoms with Crippen LogP contribution >= 0.6 is 11.8 Å². The smallest absolute Gasteiger partial charge is 0.306 e. The Morgan fingerprint density at radius 1 is 1.02 bits per heavy atom. The number of hydrogen-bond acceptors (Lipinski definition) is 7. The second-order valence-corrected chi connectivity index (χ2v) is 18.7. The lowest BCUT2D eigenvalue weighted by molar-refractivity contribution is -0.143. The Balaban J connectivity index is 1.32. The first-order valence-corrected chi connectivity index (χ1v) is 22.3. The van der Waals surface area contributed by atoms with Crippen molar-refractivity contribution in [3.05, 3.63) is 131 Å². The summed E-state index contributed by atoms with van der Waals surface area (Å²) in [5.74, 6) is 0.235. The average molecular weight is 826 g/mol. The zero-order valence-corrected chi connectivity index (χ0v) is 35.2. The van der Waals surface area contributed by atoms with Crippen LogP contribution < -0.4 is 4.74 Å². The van der Waals surface area contributed by atoms with Crippen molar-refractivity contribution < 1.29 is 31.5 Å². The van der Waals surface area contributed by atoms with E-state index in [0.29, 0.717) is 41.8 Å². The molecule has 4 aromatic carbocycles. The summed E-state index contributed by atoms with van der Waals surface area (Å²) in [7, 11) is -4.03. The predicted octanol–water partition coefficient (Wildman–Crippen LogP) is 11.0. The van der Waals surface area contributed by atoms with E-state index >= 15 is 8.78 Å². The Bertz CT molecular complexity index is 2560. The normalized spacial score (nSPS) is 16.2. The molecule has 0 aliphatic carbocycles. The number of aryl methyl sites for hydroxylation is 4. The average Bonchev–Trinajstić information content (AvgIpc) is 3.79. The third-order valence-electron chi connectivity index (χ3n) is 10.8. The molecule has 8 nitrogen and oxygen atoms in total. The summed E-state index contributed by atoms with van der Waals surface area (Å²) in [6, 6.07) is 21.7. The second-order valence-electron chi connectivity index (χ2n) is 15.8. The number of aromatic nitrogens is 3. The van der Waals surface area contributed by atoms with Crippen molar-refractivity contribution >= 4 is 38.7 Å². The number of hydrogen-bond donors (Lipinski definition) is 0. The van der Waals surface area contributed by atoms with Crippen LogP contribution in [0.2, 0.25) is 0 Å². The minimum absolute atomic E-state index is 0.0255. The number of esters is 1. The van der Waals surface area contributed by atoms with E-state index in [1.807, 2.05) is 30.7 Å². The van der Waals surface area contributed by atoms with Gasteiger partial charge in [0.25, 0.3) is 10.0 Å². The van der Waals surface area contributed by atoms with Gasteiger partial charge < -0.3 is 9.47 Å². The molecule has 1 aliphatic rings. The second kappa shape index (κ2) is 17.1. The molecule has 2 aromatic heterocycles. The molecule has 1 aliphatic heterocycles. The lowest BCUT2D eigenvalue weighted by atomic mass is 9.87. The Morgan fingerprint density at radius 2 is 1.81 bits per heavy atom. The van der Waals surface area contributed by atoms with Gasteiger partial charge in [0.05, 0.1) is 35.0 Å². The number of halogens is 2. The topological polar surface area (TPSA) is 92.4 Å². The van der Waals surface area contributed by atoms with E-state index in [-0.39, 0.29) is 51.3 Å². The van der Waals surface area contributed by atoms with Crippen LogP contribution in [0, 0.1) is 30.9 Å². The van der Waals surface area contributed by atoms with Gasteiger partial charge >= 0.3 is 5.97 Å². The molecule has 0 N–H and O–H groups in total. The van der Waals surface area contributed by atoms with Crippen molar-refractivity contribution in [3.8, 4) is 22.8 Å². The van der Waals surface area contributed by atoms with E-state index in [1.54, 1.807) is 61.3 Å². The molecule has 1 unspecified atom stereocenters. The van der Waals surface area contributed by atoms with Crippen LogP contribution in [0.3, 0.4) is 0 Å². The lowest BCUT2D eigenvalue weighted by Crippen LogP contribution is -2.18. The highest BCUT2D eigenvalue weighted by Crippen LogP contribution is 2.41. The van der Waals surface area contributed by atoms with Crippen molar-refractivity contribution in [1.82, 2.24) is 13.8 Å². The highest BCUT2D eigenvalue weighted by molar-refractivity contribution is 7.99. The maximum atomic E-state index is 16.5. The third-order valence-corrected chi connectivity index (χ3v) is 14.0. The van der Waals surface area contributed by atoms with E-state index in [0.717, 1.165) is 51.2 Å². The Labute approximate surface area is 343 Å². The zero-order chi connectivity index (χ0) is 41.2. The van der Waals surface area contributed by atoms with Crippen LogP contribution in [0.1, 0.15) is 80.3 Å². The van der Waals surface area contributed by atoms with Gasteiger partial charge in [0.2, 0.25) is 0 Å². The van der Waals surface area contributed by atoms with Gasteiger partial charge in [-0.1, -0.05) is 62.2 Å². The number of fused-ring (bicyclic) bond motifs is 7. The molecule has 0 radical (unpaired) electrons. The fraction of sp³-hybridized carbons (Fsp3) is 0.348. The molecule has 0 amide bonds. The lowest BCUT2D eigenvalue weighted by Gasteiger charge is -2.27. The third kappa shape index (κ3) is 8.73. The molecule has 3 heterocycles. The minimum Gasteiger partial charge on any atom is -0.466 e. The van der Waals surface area contributed by atoms with Gasteiger partial charge in [0.1, 0.15) is 11.6 Å². The summed E-state index contributed by atoms with van der Waals surface area (Å²) in [6.45, 7) is 10.4. The Kier molecular flexibility index (Phi) is 12.2. The van der Waals surface area contributed by atoms with Crippen molar-refractivity contribution in [2.45, 2.75) is 84.1 Å². The SMILES string of the molecule is CCOC(=O)CCc1cccc(C2CCCC(C)(C)CSCCc3c(c(F)cc4c3ccn4S(=O)(=O)c3ccc(C)cc3)Oc3ccc(F)c(c3)-c3c(C)cnn32)c1. The molecular formula is C46H49F2N3O5S2. The summed E-state index contributed by atoms with van der Waals surface area (Å²) in [5, 5.41) is 5.41. The van der Waals surface area contributed by atoms with E-state index < -0.39 is 21.7 Å². The van der Waals surface area contributed by atoms with Crippen LogP contribution in [-0.4, -0.2) is 46.3 Å². The monoisotopic (exact) mass is 825 g/mol. The molecule has 0 saturated heterocycles. The highest BCUT2D eigenvalue weighted by Gasteiger charge is 2.28. The molecule has 6 aromatic rings. The summed E-state index contributed by atoms with van der Waals surface area (Å²) < 4.78 is 74.9. The van der Waals surface area contributed by atoms with Gasteiger partial charge in [-0.15, -0.1) is 0 Å². The van der Waals surface area contributed by atoms with E-state index in [4.69, 9.17) is 14.6 Å². The van der Waals surface area contributed by atoms with Crippen LogP contribution in [0.4, 0.5) is 8.78 Å². The molecular weight excluding hydrogens is 777 g/mol. The molecule has 0 fully saturated rings. The van der Waals surface area contributed by atoms with Crippen LogP contribution in [0.5, 0.6) is 11.5 Å². The predicted molar refractivity (Wildman–Crippen MR) is 226 cm³/mol. The van der Waals surface area contributed by atoms with Crippen LogP contribution in [0.15, 0.2) is 96.2 Å². The van der Waals surface area contributed by atoms with Gasteiger partial charge in [0.15, 0.2) is 11.6 Å². The van der Waals surface area contributed by atoms with Crippen molar-refractivity contribution in [3.63, 3.8) is 0 Å². The molecule has 0 saturated carbocycles. The zero-order valence-electron chi connectivity index (χ0n) is 33.6. The molecule has 304 valence electrons. The van der Waals surface area contributed by atoms with Crippen LogP contribution in [-0.2, 0) is 32.4 Å². The Morgan fingerprint density at radius 3 is 2.59 bits per heavy atom. The molecule has 7 rings (SSSR count). The summed E-state index contributed by atoms with van der Waals surface area (Å²) in [4.78, 5) is 12.3. The largest absolute Gasteiger partial charge is 0.466 e. The highest BCUT2D eigenvalue weighted by atomic mass is 32.2. The van der Waals surface area contributed by atoms with Crippen molar-refractivity contribution in [2.75, 3.05) is 18.1 Å². The number of carbonyl (C=O) groups is 1. The molecule has 0 spiro atoms. The molecule has 12 heteroatoms. The van der Waals surface area contributed by atoms with Gasteiger partial charge in [-0.05, 0) is 116 Å². The van der Waals surface area contributed by atoms with Crippen molar-refractivity contribution in [2.24, 2.45) is 5.41 Å². The summed E-state index contributed by atoms with van der Waals surface area (Å²) in [5.41, 5.74) is 5.23. The quantitative estimate of drug-likeness (QED) is 0.148.